The second-order valence-corrected chi connectivity index (χ2v) is 6.19. The lowest BCUT2D eigenvalue weighted by Crippen LogP contribution is -2.43. The summed E-state index contributed by atoms with van der Waals surface area (Å²) in [7, 11) is 3.33. The van der Waals surface area contributed by atoms with Crippen LogP contribution in [0.3, 0.4) is 0 Å². The number of aliphatic hydroxyl groups is 1. The molecule has 0 aliphatic heterocycles. The second-order valence-electron chi connectivity index (χ2n) is 6.19. The minimum absolute atomic E-state index is 0.557. The van der Waals surface area contributed by atoms with Crippen molar-refractivity contribution in [2.75, 3.05) is 20.8 Å². The summed E-state index contributed by atoms with van der Waals surface area (Å²) in [6.45, 7) is 3.55. The van der Waals surface area contributed by atoms with Gasteiger partial charge in [0.2, 0.25) is 0 Å². The van der Waals surface area contributed by atoms with Crippen molar-refractivity contribution in [3.05, 3.63) is 23.8 Å². The Morgan fingerprint density at radius 1 is 1.24 bits per heavy atom. The molecule has 1 aliphatic rings. The average Bonchev–Trinajstić information content (AvgIpc) is 2.50. The van der Waals surface area contributed by atoms with Gasteiger partial charge in [-0.25, -0.2) is 0 Å². The third-order valence-electron chi connectivity index (χ3n) is 4.46. The van der Waals surface area contributed by atoms with Gasteiger partial charge in [-0.2, -0.15) is 0 Å². The maximum Gasteiger partial charge on any atom is 0.123 e. The first-order valence-corrected chi connectivity index (χ1v) is 7.70. The molecule has 0 atom stereocenters. The van der Waals surface area contributed by atoms with Crippen LogP contribution >= 0.6 is 0 Å². The van der Waals surface area contributed by atoms with Crippen molar-refractivity contribution in [1.29, 1.82) is 0 Å². The van der Waals surface area contributed by atoms with Crippen LogP contribution in [0.5, 0.6) is 11.5 Å². The van der Waals surface area contributed by atoms with Gasteiger partial charge >= 0.3 is 0 Å². The molecule has 2 N–H and O–H groups in total. The maximum absolute atomic E-state index is 10.6. The Hall–Kier alpha value is -1.26. The molecule has 4 nitrogen and oxygen atoms in total. The molecule has 1 fully saturated rings. The zero-order valence-corrected chi connectivity index (χ0v) is 13.3. The van der Waals surface area contributed by atoms with E-state index in [-0.39, 0.29) is 0 Å². The molecule has 21 heavy (non-hydrogen) atoms. The Balaban J connectivity index is 1.91. The SMILES string of the molecule is COc1ccc(OC)c(CNCC2(O)CCC(C)CC2)c1. The Morgan fingerprint density at radius 2 is 1.95 bits per heavy atom. The van der Waals surface area contributed by atoms with Gasteiger partial charge in [-0.05, 0) is 49.8 Å². The number of nitrogens with one attached hydrogen (secondary N) is 1. The maximum atomic E-state index is 10.6. The van der Waals surface area contributed by atoms with E-state index in [0.717, 1.165) is 48.7 Å². The summed E-state index contributed by atoms with van der Waals surface area (Å²) in [5.74, 6) is 2.40. The summed E-state index contributed by atoms with van der Waals surface area (Å²) in [5.41, 5.74) is 0.489. The van der Waals surface area contributed by atoms with Gasteiger partial charge in [-0.3, -0.25) is 0 Å². The van der Waals surface area contributed by atoms with Crippen molar-refractivity contribution in [3.63, 3.8) is 0 Å². The van der Waals surface area contributed by atoms with Crippen LogP contribution in [-0.2, 0) is 6.54 Å². The highest BCUT2D eigenvalue weighted by molar-refractivity contribution is 5.40. The minimum atomic E-state index is -0.557. The number of methoxy groups -OCH3 is 2. The van der Waals surface area contributed by atoms with Crippen LogP contribution in [0.1, 0.15) is 38.2 Å². The monoisotopic (exact) mass is 293 g/mol. The van der Waals surface area contributed by atoms with Crippen LogP contribution in [0.15, 0.2) is 18.2 Å². The number of hydrogen-bond donors (Lipinski definition) is 2. The smallest absolute Gasteiger partial charge is 0.123 e. The summed E-state index contributed by atoms with van der Waals surface area (Å²) in [6.07, 6.45) is 3.99. The summed E-state index contributed by atoms with van der Waals surface area (Å²) in [5, 5.41) is 13.9. The molecule has 1 aromatic carbocycles. The van der Waals surface area contributed by atoms with E-state index >= 15 is 0 Å². The van der Waals surface area contributed by atoms with Gasteiger partial charge in [0.15, 0.2) is 0 Å². The third-order valence-corrected chi connectivity index (χ3v) is 4.46. The quantitative estimate of drug-likeness (QED) is 0.847. The van der Waals surface area contributed by atoms with Gasteiger partial charge < -0.3 is 19.9 Å². The van der Waals surface area contributed by atoms with Crippen molar-refractivity contribution in [1.82, 2.24) is 5.32 Å². The molecule has 0 heterocycles. The van der Waals surface area contributed by atoms with E-state index in [1.807, 2.05) is 18.2 Å². The predicted octanol–water partition coefficient (Wildman–Crippen LogP) is 2.73. The van der Waals surface area contributed by atoms with E-state index in [1.165, 1.54) is 0 Å². The van der Waals surface area contributed by atoms with Crippen LogP contribution < -0.4 is 14.8 Å². The fraction of sp³-hybridized carbons (Fsp3) is 0.647. The summed E-state index contributed by atoms with van der Waals surface area (Å²) in [4.78, 5) is 0. The fourth-order valence-corrected chi connectivity index (χ4v) is 2.93. The minimum Gasteiger partial charge on any atom is -0.497 e. The highest BCUT2D eigenvalue weighted by Crippen LogP contribution is 2.31. The lowest BCUT2D eigenvalue weighted by atomic mass is 9.79. The molecule has 0 amide bonds. The average molecular weight is 293 g/mol. The van der Waals surface area contributed by atoms with Crippen molar-refractivity contribution in [2.45, 2.75) is 44.8 Å². The lowest BCUT2D eigenvalue weighted by Gasteiger charge is -2.35. The van der Waals surface area contributed by atoms with Gasteiger partial charge in [-0.15, -0.1) is 0 Å². The molecule has 0 unspecified atom stereocenters. The zero-order chi connectivity index (χ0) is 15.3. The lowest BCUT2D eigenvalue weighted by molar-refractivity contribution is -0.00633. The van der Waals surface area contributed by atoms with E-state index in [9.17, 15) is 5.11 Å². The third kappa shape index (κ3) is 4.35. The van der Waals surface area contributed by atoms with E-state index in [2.05, 4.69) is 12.2 Å². The molecule has 1 saturated carbocycles. The van der Waals surface area contributed by atoms with Crippen LogP contribution in [0.4, 0.5) is 0 Å². The molecule has 0 spiro atoms. The van der Waals surface area contributed by atoms with Crippen molar-refractivity contribution >= 4 is 0 Å². The molecular formula is C17H27NO3. The van der Waals surface area contributed by atoms with E-state index in [0.29, 0.717) is 13.1 Å². The number of ether oxygens (including phenoxy) is 2. The van der Waals surface area contributed by atoms with Gasteiger partial charge in [-0.1, -0.05) is 6.92 Å². The topological polar surface area (TPSA) is 50.7 Å². The molecule has 0 saturated heterocycles. The molecule has 0 aromatic heterocycles. The van der Waals surface area contributed by atoms with Crippen LogP contribution in [0.2, 0.25) is 0 Å². The first-order chi connectivity index (χ1) is 10.1. The number of benzene rings is 1. The number of hydrogen-bond acceptors (Lipinski definition) is 4. The normalized spacial score (nSPS) is 25.6. The van der Waals surface area contributed by atoms with Crippen molar-refractivity contribution < 1.29 is 14.6 Å². The van der Waals surface area contributed by atoms with Crippen LogP contribution in [0.25, 0.3) is 0 Å². The first-order valence-electron chi connectivity index (χ1n) is 7.70. The molecule has 0 bridgehead atoms. The molecule has 1 aromatic rings. The van der Waals surface area contributed by atoms with Crippen molar-refractivity contribution in [2.24, 2.45) is 5.92 Å². The Morgan fingerprint density at radius 3 is 2.57 bits per heavy atom. The fourth-order valence-electron chi connectivity index (χ4n) is 2.93. The largest absolute Gasteiger partial charge is 0.497 e. The van der Waals surface area contributed by atoms with Crippen molar-refractivity contribution in [3.8, 4) is 11.5 Å². The van der Waals surface area contributed by atoms with E-state index in [4.69, 9.17) is 9.47 Å². The molecular weight excluding hydrogens is 266 g/mol. The summed E-state index contributed by atoms with van der Waals surface area (Å²) < 4.78 is 10.6. The molecule has 2 rings (SSSR count). The molecule has 1 aliphatic carbocycles. The van der Waals surface area contributed by atoms with Gasteiger partial charge in [0.1, 0.15) is 11.5 Å². The van der Waals surface area contributed by atoms with E-state index in [1.54, 1.807) is 14.2 Å². The Labute approximate surface area is 127 Å². The highest BCUT2D eigenvalue weighted by atomic mass is 16.5. The van der Waals surface area contributed by atoms with Crippen LogP contribution in [-0.4, -0.2) is 31.5 Å². The standard InChI is InChI=1S/C17H27NO3/c1-13-6-8-17(19,9-7-13)12-18-11-14-10-15(20-2)4-5-16(14)21-3/h4-5,10,13,18-19H,6-9,11-12H2,1-3H3. The second kappa shape index (κ2) is 7.14. The molecule has 0 radical (unpaired) electrons. The molecule has 118 valence electrons. The van der Waals surface area contributed by atoms with E-state index < -0.39 is 5.60 Å². The first kappa shape index (κ1) is 16.1. The predicted molar refractivity (Wildman–Crippen MR) is 83.8 cm³/mol. The number of rotatable bonds is 6. The van der Waals surface area contributed by atoms with Gasteiger partial charge in [0.25, 0.3) is 0 Å². The molecule has 4 heteroatoms. The highest BCUT2D eigenvalue weighted by Gasteiger charge is 2.31. The summed E-state index contributed by atoms with van der Waals surface area (Å²) >= 11 is 0. The van der Waals surface area contributed by atoms with Gasteiger partial charge in [0.05, 0.1) is 19.8 Å². The summed E-state index contributed by atoms with van der Waals surface area (Å²) in [6, 6.07) is 5.77. The van der Waals surface area contributed by atoms with Crippen LogP contribution in [0, 0.1) is 5.92 Å². The zero-order valence-electron chi connectivity index (χ0n) is 13.3. The Kier molecular flexibility index (Phi) is 5.48. The Bertz CT molecular complexity index is 453. The van der Waals surface area contributed by atoms with Gasteiger partial charge in [0, 0.05) is 18.7 Å².